The first-order chi connectivity index (χ1) is 10.5. The van der Waals surface area contributed by atoms with Crippen LogP contribution in [0.1, 0.15) is 44.2 Å². The van der Waals surface area contributed by atoms with Crippen LogP contribution in [0.5, 0.6) is 5.75 Å². The average molecular weight is 305 g/mol. The zero-order chi connectivity index (χ0) is 15.7. The lowest BCUT2D eigenvalue weighted by Crippen LogP contribution is -2.40. The Morgan fingerprint density at radius 1 is 1.36 bits per heavy atom. The highest BCUT2D eigenvalue weighted by Gasteiger charge is 2.46. The molecule has 22 heavy (non-hydrogen) atoms. The molecule has 1 aromatic rings. The van der Waals surface area contributed by atoms with E-state index >= 15 is 0 Å². The summed E-state index contributed by atoms with van der Waals surface area (Å²) in [7, 11) is 0. The van der Waals surface area contributed by atoms with Gasteiger partial charge in [-0.25, -0.2) is 4.39 Å². The Balaban J connectivity index is 1.88. The molecule has 3 rings (SSSR count). The lowest BCUT2D eigenvalue weighted by Gasteiger charge is -2.34. The van der Waals surface area contributed by atoms with E-state index in [1.54, 1.807) is 0 Å². The van der Waals surface area contributed by atoms with Crippen molar-refractivity contribution < 1.29 is 13.9 Å². The van der Waals surface area contributed by atoms with E-state index in [0.717, 1.165) is 37.9 Å². The van der Waals surface area contributed by atoms with Crippen LogP contribution in [0, 0.1) is 11.7 Å². The normalized spacial score (nSPS) is 19.4. The van der Waals surface area contributed by atoms with Gasteiger partial charge in [0.05, 0.1) is 6.61 Å². The molecule has 2 aliphatic heterocycles. The zero-order valence-electron chi connectivity index (χ0n) is 13.4. The van der Waals surface area contributed by atoms with E-state index < -0.39 is 5.60 Å². The predicted octanol–water partition coefficient (Wildman–Crippen LogP) is 3.83. The highest BCUT2D eigenvalue weighted by Crippen LogP contribution is 2.49. The fourth-order valence-electron chi connectivity index (χ4n) is 3.29. The maximum atomic E-state index is 14.7. The van der Waals surface area contributed by atoms with Crippen molar-refractivity contribution in [1.82, 2.24) is 5.32 Å². The minimum absolute atomic E-state index is 0.238. The average Bonchev–Trinajstić information content (AvgIpc) is 2.72. The summed E-state index contributed by atoms with van der Waals surface area (Å²) in [5.41, 5.74) is 0.884. The van der Waals surface area contributed by atoms with Gasteiger partial charge in [-0.1, -0.05) is 20.4 Å². The van der Waals surface area contributed by atoms with Crippen LogP contribution >= 0.6 is 0 Å². The van der Waals surface area contributed by atoms with Crippen molar-refractivity contribution in [2.45, 2.75) is 38.7 Å². The molecule has 2 aliphatic rings. The van der Waals surface area contributed by atoms with Crippen LogP contribution in [0.25, 0.3) is 5.76 Å². The number of nitrogens with one attached hydrogen (secondary N) is 1. The van der Waals surface area contributed by atoms with Gasteiger partial charge in [-0.05, 0) is 31.5 Å². The van der Waals surface area contributed by atoms with Crippen LogP contribution in [-0.4, -0.2) is 19.7 Å². The molecule has 0 saturated carbocycles. The molecule has 0 amide bonds. The van der Waals surface area contributed by atoms with E-state index in [9.17, 15) is 4.39 Å². The molecule has 0 unspecified atom stereocenters. The smallest absolute Gasteiger partial charge is 0.140 e. The minimum Gasteiger partial charge on any atom is -0.493 e. The van der Waals surface area contributed by atoms with E-state index in [1.165, 1.54) is 6.07 Å². The Morgan fingerprint density at radius 3 is 2.77 bits per heavy atom. The number of piperidine rings is 1. The number of hydrogen-bond donors (Lipinski definition) is 1. The first-order valence-electron chi connectivity index (χ1n) is 8.08. The van der Waals surface area contributed by atoms with Gasteiger partial charge in [0.25, 0.3) is 0 Å². The summed E-state index contributed by atoms with van der Waals surface area (Å²) in [6.07, 6.45) is 2.48. The van der Waals surface area contributed by atoms with E-state index in [0.29, 0.717) is 29.6 Å². The summed E-state index contributed by atoms with van der Waals surface area (Å²) >= 11 is 0. The van der Waals surface area contributed by atoms with Crippen molar-refractivity contribution in [2.24, 2.45) is 5.92 Å². The molecule has 1 saturated heterocycles. The molecule has 120 valence electrons. The number of fused-ring (bicyclic) bond motifs is 2. The van der Waals surface area contributed by atoms with Crippen LogP contribution in [0.2, 0.25) is 0 Å². The Kier molecular flexibility index (Phi) is 4.13. The zero-order valence-corrected chi connectivity index (χ0v) is 13.4. The standard InChI is InChI=1S/C18H24FNO2/c1-12(2)4-9-21-14-10-15-13(3)22-18(5-7-20-8-6-18)17(15)16(19)11-14/h10-12,20H,3-9H2,1-2H3. The van der Waals surface area contributed by atoms with Crippen LogP contribution in [0.4, 0.5) is 4.39 Å². The van der Waals surface area contributed by atoms with Gasteiger partial charge in [0, 0.05) is 30.0 Å². The largest absolute Gasteiger partial charge is 0.493 e. The van der Waals surface area contributed by atoms with Gasteiger partial charge >= 0.3 is 0 Å². The third-order valence-electron chi connectivity index (χ3n) is 4.51. The molecule has 1 N–H and O–H groups in total. The molecule has 3 nitrogen and oxygen atoms in total. The quantitative estimate of drug-likeness (QED) is 0.917. The molecule has 1 aromatic carbocycles. The third-order valence-corrected chi connectivity index (χ3v) is 4.51. The summed E-state index contributed by atoms with van der Waals surface area (Å²) in [6, 6.07) is 3.36. The molecule has 0 aromatic heterocycles. The molecule has 2 heterocycles. The van der Waals surface area contributed by atoms with Crippen LogP contribution in [0.15, 0.2) is 18.7 Å². The highest BCUT2D eigenvalue weighted by molar-refractivity contribution is 5.69. The summed E-state index contributed by atoms with van der Waals surface area (Å²) < 4.78 is 26.4. The molecular formula is C18H24FNO2. The molecule has 0 atom stereocenters. The van der Waals surface area contributed by atoms with Gasteiger partial charge in [0.2, 0.25) is 0 Å². The Morgan fingerprint density at radius 2 is 2.09 bits per heavy atom. The molecule has 0 radical (unpaired) electrons. The maximum Gasteiger partial charge on any atom is 0.140 e. The summed E-state index contributed by atoms with van der Waals surface area (Å²) in [5.74, 6) is 1.45. The summed E-state index contributed by atoms with van der Waals surface area (Å²) in [5, 5.41) is 3.29. The Bertz CT molecular complexity index is 577. The second kappa shape index (κ2) is 5.92. The van der Waals surface area contributed by atoms with E-state index in [4.69, 9.17) is 9.47 Å². The summed E-state index contributed by atoms with van der Waals surface area (Å²) in [6.45, 7) is 10.5. The van der Waals surface area contributed by atoms with E-state index in [-0.39, 0.29) is 5.82 Å². The molecule has 0 bridgehead atoms. The number of halogens is 1. The molecule has 1 fully saturated rings. The first-order valence-corrected chi connectivity index (χ1v) is 8.08. The molecule has 4 heteroatoms. The van der Waals surface area contributed by atoms with Crippen LogP contribution in [-0.2, 0) is 10.3 Å². The van der Waals surface area contributed by atoms with Crippen molar-refractivity contribution in [1.29, 1.82) is 0 Å². The van der Waals surface area contributed by atoms with Crippen LogP contribution in [0.3, 0.4) is 0 Å². The number of ether oxygens (including phenoxy) is 2. The fraction of sp³-hybridized carbons (Fsp3) is 0.556. The van der Waals surface area contributed by atoms with Gasteiger partial charge in [-0.3, -0.25) is 0 Å². The van der Waals surface area contributed by atoms with Gasteiger partial charge in [-0.2, -0.15) is 0 Å². The number of hydrogen-bond acceptors (Lipinski definition) is 3. The van der Waals surface area contributed by atoms with Gasteiger partial charge < -0.3 is 14.8 Å². The predicted molar refractivity (Wildman–Crippen MR) is 85.3 cm³/mol. The number of benzene rings is 1. The molecule has 1 spiro atoms. The molecular weight excluding hydrogens is 281 g/mol. The van der Waals surface area contributed by atoms with Crippen molar-refractivity contribution in [2.75, 3.05) is 19.7 Å². The van der Waals surface area contributed by atoms with Gasteiger partial charge in [0.1, 0.15) is 22.9 Å². The van der Waals surface area contributed by atoms with E-state index in [1.807, 2.05) is 6.07 Å². The van der Waals surface area contributed by atoms with Crippen molar-refractivity contribution >= 4 is 5.76 Å². The topological polar surface area (TPSA) is 30.5 Å². The highest BCUT2D eigenvalue weighted by atomic mass is 19.1. The SMILES string of the molecule is C=C1OC2(CCNCC2)c2c(F)cc(OCCC(C)C)cc21. The maximum absolute atomic E-state index is 14.7. The Labute approximate surface area is 131 Å². The monoisotopic (exact) mass is 305 g/mol. The van der Waals surface area contributed by atoms with Crippen LogP contribution < -0.4 is 10.1 Å². The third kappa shape index (κ3) is 2.72. The lowest BCUT2D eigenvalue weighted by atomic mass is 9.84. The fourth-order valence-corrected chi connectivity index (χ4v) is 3.29. The number of rotatable bonds is 4. The minimum atomic E-state index is -0.543. The Hall–Kier alpha value is -1.55. The first kappa shape index (κ1) is 15.3. The molecule has 0 aliphatic carbocycles. The van der Waals surface area contributed by atoms with Crippen molar-refractivity contribution in [3.63, 3.8) is 0 Å². The van der Waals surface area contributed by atoms with Gasteiger partial charge in [-0.15, -0.1) is 0 Å². The lowest BCUT2D eigenvalue weighted by molar-refractivity contribution is 0.0181. The second-order valence-electron chi connectivity index (χ2n) is 6.63. The van der Waals surface area contributed by atoms with Gasteiger partial charge in [0.15, 0.2) is 0 Å². The van der Waals surface area contributed by atoms with E-state index in [2.05, 4.69) is 25.7 Å². The van der Waals surface area contributed by atoms with Crippen molar-refractivity contribution in [3.05, 3.63) is 35.7 Å². The summed E-state index contributed by atoms with van der Waals surface area (Å²) in [4.78, 5) is 0. The van der Waals surface area contributed by atoms with Crippen molar-refractivity contribution in [3.8, 4) is 5.75 Å². The second-order valence-corrected chi connectivity index (χ2v) is 6.63.